The minimum atomic E-state index is -4.42. The minimum absolute atomic E-state index is 0.0335. The molecule has 2 aromatic heterocycles. The highest BCUT2D eigenvalue weighted by Crippen LogP contribution is 2.46. The quantitative estimate of drug-likeness (QED) is 0.235. The van der Waals surface area contributed by atoms with E-state index in [1.54, 1.807) is 0 Å². The maximum atomic E-state index is 13.3. The summed E-state index contributed by atoms with van der Waals surface area (Å²) < 4.78 is 41.8. The molecule has 0 bridgehead atoms. The number of rotatable bonds is 8. The van der Waals surface area contributed by atoms with Crippen LogP contribution in [0.4, 0.5) is 19.0 Å². The van der Waals surface area contributed by atoms with Gasteiger partial charge in [-0.05, 0) is 67.7 Å². The van der Waals surface area contributed by atoms with Gasteiger partial charge in [0.2, 0.25) is 5.82 Å². The van der Waals surface area contributed by atoms with Crippen molar-refractivity contribution in [1.82, 2.24) is 19.5 Å². The molecule has 4 aromatic rings. The lowest BCUT2D eigenvalue weighted by Crippen LogP contribution is -2.31. The first-order valence-corrected chi connectivity index (χ1v) is 14.2. The average molecular weight is 564 g/mol. The molecule has 10 heteroatoms. The molecule has 6 rings (SSSR count). The lowest BCUT2D eigenvalue weighted by atomic mass is 9.80. The van der Waals surface area contributed by atoms with E-state index in [9.17, 15) is 23.1 Å². The summed E-state index contributed by atoms with van der Waals surface area (Å²) in [5.41, 5.74) is 2.03. The predicted octanol–water partition coefficient (Wildman–Crippen LogP) is 7.24. The van der Waals surface area contributed by atoms with Crippen molar-refractivity contribution < 1.29 is 23.1 Å². The number of carboxylic acids is 1. The number of imidazole rings is 1. The predicted molar refractivity (Wildman–Crippen MR) is 149 cm³/mol. The third-order valence-corrected chi connectivity index (χ3v) is 8.74. The van der Waals surface area contributed by atoms with Crippen LogP contribution in [0, 0.1) is 5.92 Å². The first-order chi connectivity index (χ1) is 19.7. The molecule has 0 saturated heterocycles. The van der Waals surface area contributed by atoms with Gasteiger partial charge in [0, 0.05) is 18.5 Å². The van der Waals surface area contributed by atoms with Gasteiger partial charge in [0.05, 0.1) is 5.56 Å². The van der Waals surface area contributed by atoms with Crippen molar-refractivity contribution in [2.45, 2.75) is 76.0 Å². The van der Waals surface area contributed by atoms with Crippen molar-refractivity contribution in [3.05, 3.63) is 82.9 Å². The Bertz CT molecular complexity index is 1550. The molecule has 2 fully saturated rings. The molecule has 0 radical (unpaired) electrons. The zero-order valence-corrected chi connectivity index (χ0v) is 22.7. The summed E-state index contributed by atoms with van der Waals surface area (Å²) in [7, 11) is 0. The summed E-state index contributed by atoms with van der Waals surface area (Å²) >= 11 is 0. The van der Waals surface area contributed by atoms with Crippen LogP contribution in [0.1, 0.15) is 90.4 Å². The number of nitrogens with zero attached hydrogens (tertiary/aromatic N) is 4. The number of benzene rings is 2. The Kier molecular flexibility index (Phi) is 7.17. The second kappa shape index (κ2) is 10.8. The summed E-state index contributed by atoms with van der Waals surface area (Å²) in [6, 6.07) is 15.5. The smallest absolute Gasteiger partial charge is 0.416 e. The summed E-state index contributed by atoms with van der Waals surface area (Å²) in [4.78, 5) is 25.7. The molecule has 3 atom stereocenters. The summed E-state index contributed by atoms with van der Waals surface area (Å²) in [6.45, 7) is 2.32. The van der Waals surface area contributed by atoms with Crippen LogP contribution in [0.3, 0.4) is 0 Å². The monoisotopic (exact) mass is 563 g/mol. The number of fused-ring (bicyclic) bond motifs is 1. The van der Waals surface area contributed by atoms with Crippen LogP contribution in [0.2, 0.25) is 0 Å². The van der Waals surface area contributed by atoms with Gasteiger partial charge < -0.3 is 15.0 Å². The highest BCUT2D eigenvalue weighted by atomic mass is 19.4. The lowest BCUT2D eigenvalue weighted by molar-refractivity contribution is -0.137. The molecule has 2 aliphatic carbocycles. The van der Waals surface area contributed by atoms with Crippen LogP contribution in [-0.4, -0.2) is 36.6 Å². The normalized spacial score (nSPS) is 20.2. The molecule has 41 heavy (non-hydrogen) atoms. The number of halogens is 3. The van der Waals surface area contributed by atoms with Crippen LogP contribution in [0.15, 0.2) is 54.6 Å². The van der Waals surface area contributed by atoms with Gasteiger partial charge in [0.15, 0.2) is 11.5 Å². The maximum absolute atomic E-state index is 13.3. The molecule has 7 nitrogen and oxygen atoms in total. The molecule has 214 valence electrons. The highest BCUT2D eigenvalue weighted by Gasteiger charge is 2.36. The number of carboxylic acid groups (broad SMARTS) is 1. The first-order valence-electron chi connectivity index (χ1n) is 14.2. The van der Waals surface area contributed by atoms with Gasteiger partial charge in [-0.25, -0.2) is 19.7 Å². The number of hydrogen-bond acceptors (Lipinski definition) is 5. The Hall–Kier alpha value is -3.95. The van der Waals surface area contributed by atoms with Gasteiger partial charge in [0.25, 0.3) is 0 Å². The van der Waals surface area contributed by atoms with E-state index in [2.05, 4.69) is 34.3 Å². The summed E-state index contributed by atoms with van der Waals surface area (Å²) in [5, 5.41) is 13.3. The SMILES string of the molecule is C[C@@H](Nc1nc(C(=O)O)nc2nc(C3CCCC3c3ccccc3)n(Cc3ccc(C(F)(F)F)cc3)c12)C1CCC1. The molecule has 2 heterocycles. The first kappa shape index (κ1) is 27.2. The summed E-state index contributed by atoms with van der Waals surface area (Å²) in [6.07, 6.45) is 1.78. The van der Waals surface area contributed by atoms with Gasteiger partial charge >= 0.3 is 12.1 Å². The fourth-order valence-electron chi connectivity index (χ4n) is 6.32. The number of aromatic carboxylic acids is 1. The van der Waals surface area contributed by atoms with Crippen molar-refractivity contribution in [3.63, 3.8) is 0 Å². The number of carbonyl (C=O) groups is 1. The van der Waals surface area contributed by atoms with Crippen molar-refractivity contribution in [1.29, 1.82) is 0 Å². The van der Waals surface area contributed by atoms with Crippen molar-refractivity contribution >= 4 is 23.0 Å². The number of hydrogen-bond donors (Lipinski definition) is 2. The highest BCUT2D eigenvalue weighted by molar-refractivity contribution is 5.91. The van der Waals surface area contributed by atoms with Crippen molar-refractivity contribution in [3.8, 4) is 0 Å². The van der Waals surface area contributed by atoms with E-state index in [4.69, 9.17) is 4.98 Å². The minimum Gasteiger partial charge on any atom is -0.475 e. The number of nitrogens with one attached hydrogen (secondary N) is 1. The zero-order chi connectivity index (χ0) is 28.7. The number of anilines is 1. The third-order valence-electron chi connectivity index (χ3n) is 8.74. The van der Waals surface area contributed by atoms with E-state index >= 15 is 0 Å². The Balaban J connectivity index is 1.50. The molecule has 2 aromatic carbocycles. The Labute approximate surface area is 235 Å². The summed E-state index contributed by atoms with van der Waals surface area (Å²) in [5.74, 6) is 0.263. The van der Waals surface area contributed by atoms with Crippen LogP contribution in [0.5, 0.6) is 0 Å². The molecule has 0 amide bonds. The fraction of sp³-hybridized carbons (Fsp3) is 0.419. The van der Waals surface area contributed by atoms with E-state index in [0.717, 1.165) is 56.5 Å². The maximum Gasteiger partial charge on any atom is 0.416 e. The molecule has 2 unspecified atom stereocenters. The molecular weight excluding hydrogens is 531 g/mol. The van der Waals surface area contributed by atoms with E-state index in [1.807, 2.05) is 22.8 Å². The van der Waals surface area contributed by atoms with Gasteiger partial charge in [0.1, 0.15) is 11.3 Å². The van der Waals surface area contributed by atoms with E-state index < -0.39 is 17.7 Å². The lowest BCUT2D eigenvalue weighted by Gasteiger charge is -2.32. The van der Waals surface area contributed by atoms with Gasteiger partial charge in [-0.1, -0.05) is 55.3 Å². The zero-order valence-electron chi connectivity index (χ0n) is 22.7. The Morgan fingerprint density at radius 2 is 1.66 bits per heavy atom. The van der Waals surface area contributed by atoms with Crippen molar-refractivity contribution in [2.75, 3.05) is 5.32 Å². The largest absolute Gasteiger partial charge is 0.475 e. The number of alkyl halides is 3. The van der Waals surface area contributed by atoms with E-state index in [1.165, 1.54) is 17.7 Å². The molecule has 2 aliphatic rings. The number of aromatic nitrogens is 4. The molecule has 0 spiro atoms. The molecule has 2 N–H and O–H groups in total. The standard InChI is InChI=1S/C31H32F3N5O2/c1-18(20-9-5-10-20)35-26-25-27(37-28(36-26)30(40)41)38-29(24-12-6-11-23(24)21-7-3-2-4-8-21)39(25)17-19-13-15-22(16-14-19)31(32,33)34/h2-4,7-8,13-16,18,20,23-24H,5-6,9-12,17H2,1H3,(H,40,41)(H,35,36,37)/t18-,23?,24?/m1/s1. The Morgan fingerprint density at radius 3 is 2.29 bits per heavy atom. The average Bonchev–Trinajstić information content (AvgIpc) is 3.53. The van der Waals surface area contributed by atoms with E-state index in [-0.39, 0.29) is 35.9 Å². The second-order valence-corrected chi connectivity index (χ2v) is 11.3. The van der Waals surface area contributed by atoms with Gasteiger partial charge in [-0.15, -0.1) is 0 Å². The van der Waals surface area contributed by atoms with Gasteiger partial charge in [-0.2, -0.15) is 13.2 Å². The fourth-order valence-corrected chi connectivity index (χ4v) is 6.32. The topological polar surface area (TPSA) is 92.9 Å². The third kappa shape index (κ3) is 5.39. The molecule has 2 saturated carbocycles. The van der Waals surface area contributed by atoms with Crippen LogP contribution >= 0.6 is 0 Å². The second-order valence-electron chi connectivity index (χ2n) is 11.3. The van der Waals surface area contributed by atoms with Crippen LogP contribution in [0.25, 0.3) is 11.2 Å². The van der Waals surface area contributed by atoms with E-state index in [0.29, 0.717) is 22.8 Å². The van der Waals surface area contributed by atoms with Crippen molar-refractivity contribution in [2.24, 2.45) is 5.92 Å². The molecule has 0 aliphatic heterocycles. The Morgan fingerprint density at radius 1 is 0.976 bits per heavy atom. The van der Waals surface area contributed by atoms with Crippen LogP contribution < -0.4 is 5.32 Å². The molecular formula is C31H32F3N5O2. The van der Waals surface area contributed by atoms with Crippen LogP contribution in [-0.2, 0) is 12.7 Å². The van der Waals surface area contributed by atoms with Gasteiger partial charge in [-0.3, -0.25) is 0 Å².